The van der Waals surface area contributed by atoms with Crippen LogP contribution in [0.3, 0.4) is 0 Å². The molecule has 1 N–H and O–H groups in total. The molecule has 1 aliphatic rings. The largest absolute Gasteiger partial charge is 0.390 e. The molecule has 108 valence electrons. The van der Waals surface area contributed by atoms with E-state index in [9.17, 15) is 5.11 Å². The van der Waals surface area contributed by atoms with E-state index in [0.29, 0.717) is 5.92 Å². The molecule has 2 aromatic heterocycles. The Morgan fingerprint density at radius 1 is 1.45 bits per heavy atom. The van der Waals surface area contributed by atoms with E-state index in [-0.39, 0.29) is 12.7 Å². The first-order valence-electron chi connectivity index (χ1n) is 7.09. The zero-order chi connectivity index (χ0) is 14.1. The summed E-state index contributed by atoms with van der Waals surface area (Å²) in [5.74, 6) is 1.44. The summed E-state index contributed by atoms with van der Waals surface area (Å²) in [4.78, 5) is 6.90. The van der Waals surface area contributed by atoms with Crippen molar-refractivity contribution in [2.24, 2.45) is 5.92 Å². The van der Waals surface area contributed by atoms with Gasteiger partial charge in [0.05, 0.1) is 18.4 Å². The Balaban J connectivity index is 1.97. The molecule has 0 saturated carbocycles. The number of fused-ring (bicyclic) bond motifs is 1. The van der Waals surface area contributed by atoms with E-state index in [4.69, 9.17) is 4.74 Å². The summed E-state index contributed by atoms with van der Waals surface area (Å²) in [5.41, 5.74) is 1.73. The average molecular weight is 275 g/mol. The van der Waals surface area contributed by atoms with Crippen molar-refractivity contribution < 1.29 is 9.84 Å². The molecule has 2 unspecified atom stereocenters. The number of aliphatic hydroxyl groups is 1. The standard InChI is InChI=1S/C15H21N3O2/c1-11-6-8-17(9-13(11)20-2)15-12(10-19)18-7-4-3-5-14(18)16-15/h3-5,7,11,13,19H,6,8-10H2,1-2H3. The summed E-state index contributed by atoms with van der Waals surface area (Å²) in [7, 11) is 1.77. The van der Waals surface area contributed by atoms with Crippen molar-refractivity contribution in [1.82, 2.24) is 9.38 Å². The molecule has 5 heteroatoms. The van der Waals surface area contributed by atoms with Gasteiger partial charge >= 0.3 is 0 Å². The molecule has 20 heavy (non-hydrogen) atoms. The molecule has 0 bridgehead atoms. The van der Waals surface area contributed by atoms with Gasteiger partial charge in [-0.3, -0.25) is 4.40 Å². The van der Waals surface area contributed by atoms with Crippen LogP contribution < -0.4 is 4.90 Å². The first kappa shape index (κ1) is 13.4. The summed E-state index contributed by atoms with van der Waals surface area (Å²) >= 11 is 0. The fourth-order valence-electron chi connectivity index (χ4n) is 2.97. The summed E-state index contributed by atoms with van der Waals surface area (Å²) in [6.45, 7) is 4.00. The van der Waals surface area contributed by atoms with Gasteiger partial charge in [0.25, 0.3) is 0 Å². The highest BCUT2D eigenvalue weighted by Crippen LogP contribution is 2.27. The van der Waals surface area contributed by atoms with Crippen molar-refractivity contribution >= 4 is 11.5 Å². The quantitative estimate of drug-likeness (QED) is 0.926. The van der Waals surface area contributed by atoms with E-state index >= 15 is 0 Å². The molecule has 0 spiro atoms. The number of aromatic nitrogens is 2. The van der Waals surface area contributed by atoms with Crippen LogP contribution in [-0.4, -0.2) is 40.8 Å². The molecule has 1 fully saturated rings. The SMILES string of the molecule is COC1CN(c2nc3ccccn3c2CO)CCC1C. The Morgan fingerprint density at radius 2 is 2.30 bits per heavy atom. The second kappa shape index (κ2) is 5.42. The highest BCUT2D eigenvalue weighted by molar-refractivity contribution is 5.56. The molecule has 2 atom stereocenters. The van der Waals surface area contributed by atoms with Crippen LogP contribution >= 0.6 is 0 Å². The lowest BCUT2D eigenvalue weighted by Crippen LogP contribution is -2.44. The summed E-state index contributed by atoms with van der Waals surface area (Å²) in [6.07, 6.45) is 3.25. The number of aliphatic hydroxyl groups excluding tert-OH is 1. The van der Waals surface area contributed by atoms with Crippen LogP contribution in [0.25, 0.3) is 5.65 Å². The lowest BCUT2D eigenvalue weighted by Gasteiger charge is -2.36. The highest BCUT2D eigenvalue weighted by Gasteiger charge is 2.29. The topological polar surface area (TPSA) is 50.0 Å². The molecule has 1 aliphatic heterocycles. The lowest BCUT2D eigenvalue weighted by atomic mass is 9.96. The zero-order valence-electron chi connectivity index (χ0n) is 12.0. The Labute approximate surface area is 118 Å². The van der Waals surface area contributed by atoms with Gasteiger partial charge in [0, 0.05) is 26.4 Å². The van der Waals surface area contributed by atoms with Crippen LogP contribution in [0, 0.1) is 5.92 Å². The fourth-order valence-corrected chi connectivity index (χ4v) is 2.97. The van der Waals surface area contributed by atoms with Crippen LogP contribution in [-0.2, 0) is 11.3 Å². The number of anilines is 1. The third kappa shape index (κ3) is 2.17. The second-order valence-corrected chi connectivity index (χ2v) is 5.46. The normalized spacial score (nSPS) is 23.4. The van der Waals surface area contributed by atoms with Crippen LogP contribution in [0.15, 0.2) is 24.4 Å². The molecule has 0 radical (unpaired) electrons. The smallest absolute Gasteiger partial charge is 0.153 e. The van der Waals surface area contributed by atoms with Crippen LogP contribution in [0.2, 0.25) is 0 Å². The minimum atomic E-state index is -0.00971. The van der Waals surface area contributed by atoms with Crippen LogP contribution in [0.1, 0.15) is 19.0 Å². The van der Waals surface area contributed by atoms with Gasteiger partial charge in [0.15, 0.2) is 5.82 Å². The minimum Gasteiger partial charge on any atom is -0.390 e. The number of methoxy groups -OCH3 is 1. The van der Waals surface area contributed by atoms with Crippen molar-refractivity contribution in [2.45, 2.75) is 26.1 Å². The van der Waals surface area contributed by atoms with Gasteiger partial charge in [-0.2, -0.15) is 0 Å². The van der Waals surface area contributed by atoms with Gasteiger partial charge < -0.3 is 14.7 Å². The maximum absolute atomic E-state index is 9.69. The van der Waals surface area contributed by atoms with Crippen molar-refractivity contribution in [3.63, 3.8) is 0 Å². The number of piperidine rings is 1. The molecular formula is C15H21N3O2. The maximum atomic E-state index is 9.69. The first-order chi connectivity index (χ1) is 9.74. The van der Waals surface area contributed by atoms with Crippen molar-refractivity contribution in [1.29, 1.82) is 0 Å². The Hall–Kier alpha value is -1.59. The summed E-state index contributed by atoms with van der Waals surface area (Å²) in [5, 5.41) is 9.69. The van der Waals surface area contributed by atoms with Crippen molar-refractivity contribution in [3.8, 4) is 0 Å². The minimum absolute atomic E-state index is 0.00971. The van der Waals surface area contributed by atoms with Gasteiger partial charge in [-0.25, -0.2) is 4.98 Å². The van der Waals surface area contributed by atoms with Gasteiger partial charge in [-0.1, -0.05) is 13.0 Å². The number of pyridine rings is 1. The third-order valence-corrected chi connectivity index (χ3v) is 4.25. The third-order valence-electron chi connectivity index (χ3n) is 4.25. The molecular weight excluding hydrogens is 254 g/mol. The zero-order valence-corrected chi connectivity index (χ0v) is 12.0. The van der Waals surface area contributed by atoms with Crippen molar-refractivity contribution in [2.75, 3.05) is 25.1 Å². The number of hydrogen-bond acceptors (Lipinski definition) is 4. The number of ether oxygens (including phenoxy) is 1. The number of imidazole rings is 1. The van der Waals surface area contributed by atoms with Gasteiger partial charge in [-0.15, -0.1) is 0 Å². The summed E-state index contributed by atoms with van der Waals surface area (Å²) in [6, 6.07) is 5.88. The lowest BCUT2D eigenvalue weighted by molar-refractivity contribution is 0.0495. The molecule has 5 nitrogen and oxygen atoms in total. The molecule has 1 saturated heterocycles. The predicted molar refractivity (Wildman–Crippen MR) is 77.9 cm³/mol. The first-order valence-corrected chi connectivity index (χ1v) is 7.09. The van der Waals surface area contributed by atoms with Gasteiger partial charge in [-0.05, 0) is 24.5 Å². The van der Waals surface area contributed by atoms with E-state index < -0.39 is 0 Å². The van der Waals surface area contributed by atoms with E-state index in [0.717, 1.165) is 36.7 Å². The average Bonchev–Trinajstić information content (AvgIpc) is 2.86. The Morgan fingerprint density at radius 3 is 3.05 bits per heavy atom. The van der Waals surface area contributed by atoms with Gasteiger partial charge in [0.2, 0.25) is 0 Å². The fraction of sp³-hybridized carbons (Fsp3) is 0.533. The molecule has 3 rings (SSSR count). The van der Waals surface area contributed by atoms with E-state index in [1.165, 1.54) is 0 Å². The van der Waals surface area contributed by atoms with E-state index in [1.807, 2.05) is 28.8 Å². The maximum Gasteiger partial charge on any atom is 0.153 e. The highest BCUT2D eigenvalue weighted by atomic mass is 16.5. The monoisotopic (exact) mass is 275 g/mol. The van der Waals surface area contributed by atoms with Gasteiger partial charge in [0.1, 0.15) is 5.65 Å². The molecule has 0 amide bonds. The Bertz CT molecular complexity index is 596. The predicted octanol–water partition coefficient (Wildman–Crippen LogP) is 1.69. The summed E-state index contributed by atoms with van der Waals surface area (Å²) < 4.78 is 7.52. The molecule has 3 heterocycles. The molecule has 0 aliphatic carbocycles. The Kier molecular flexibility index (Phi) is 3.63. The van der Waals surface area contributed by atoms with Crippen molar-refractivity contribution in [3.05, 3.63) is 30.1 Å². The van der Waals surface area contributed by atoms with E-state index in [1.54, 1.807) is 7.11 Å². The number of rotatable bonds is 3. The van der Waals surface area contributed by atoms with E-state index in [2.05, 4.69) is 16.8 Å². The van der Waals surface area contributed by atoms with Crippen LogP contribution in [0.4, 0.5) is 5.82 Å². The molecule has 0 aromatic carbocycles. The second-order valence-electron chi connectivity index (χ2n) is 5.46. The molecule has 2 aromatic rings. The number of hydrogen-bond donors (Lipinski definition) is 1. The number of nitrogens with zero attached hydrogens (tertiary/aromatic N) is 3. The van der Waals surface area contributed by atoms with Crippen LogP contribution in [0.5, 0.6) is 0 Å².